The lowest BCUT2D eigenvalue weighted by Gasteiger charge is -2.21. The molecule has 0 spiro atoms. The van der Waals surface area contributed by atoms with Crippen LogP contribution in [0.4, 0.5) is 0 Å². The van der Waals surface area contributed by atoms with Crippen molar-refractivity contribution in [2.45, 2.75) is 33.6 Å². The van der Waals surface area contributed by atoms with E-state index in [0.717, 1.165) is 31.9 Å². The highest BCUT2D eigenvalue weighted by Crippen LogP contribution is 2.11. The molecule has 0 saturated carbocycles. The fourth-order valence-electron chi connectivity index (χ4n) is 1.48. The van der Waals surface area contributed by atoms with E-state index < -0.39 is 0 Å². The van der Waals surface area contributed by atoms with E-state index in [0.29, 0.717) is 5.92 Å². The second kappa shape index (κ2) is 6.38. The third-order valence-electron chi connectivity index (χ3n) is 2.55. The summed E-state index contributed by atoms with van der Waals surface area (Å²) in [7, 11) is 0. The van der Waals surface area contributed by atoms with Crippen molar-refractivity contribution in [2.24, 2.45) is 15.9 Å². The molecule has 1 unspecified atom stereocenters. The van der Waals surface area contributed by atoms with Gasteiger partial charge in [0.2, 0.25) is 0 Å². The molecule has 0 amide bonds. The molecule has 0 saturated heterocycles. The van der Waals surface area contributed by atoms with Crippen molar-refractivity contribution in [2.75, 3.05) is 13.2 Å². The SMILES string of the molecule is CCC=CC(CC)C1=NCN(CC)C=N1. The summed E-state index contributed by atoms with van der Waals surface area (Å²) in [6, 6.07) is 0. The smallest absolute Gasteiger partial charge is 0.133 e. The first-order valence-electron chi connectivity index (χ1n) is 5.81. The van der Waals surface area contributed by atoms with Crippen LogP contribution >= 0.6 is 0 Å². The standard InChI is InChI=1S/C12H21N3/c1-4-7-8-11(5-2)12-13-9-15(6-3)10-14-12/h7-9,11H,4-6,10H2,1-3H3. The first-order chi connectivity index (χ1) is 7.31. The molecule has 1 aliphatic rings. The van der Waals surface area contributed by atoms with Crippen molar-refractivity contribution in [3.8, 4) is 0 Å². The van der Waals surface area contributed by atoms with Crippen molar-refractivity contribution in [1.29, 1.82) is 0 Å². The van der Waals surface area contributed by atoms with Gasteiger partial charge in [0.25, 0.3) is 0 Å². The predicted molar refractivity (Wildman–Crippen MR) is 66.4 cm³/mol. The van der Waals surface area contributed by atoms with Crippen LogP contribution in [0.2, 0.25) is 0 Å². The maximum Gasteiger partial charge on any atom is 0.133 e. The minimum Gasteiger partial charge on any atom is -0.343 e. The number of hydrogen-bond acceptors (Lipinski definition) is 3. The number of aliphatic imine (C=N–C) groups is 2. The average molecular weight is 207 g/mol. The summed E-state index contributed by atoms with van der Waals surface area (Å²) in [5.41, 5.74) is 0. The number of rotatable bonds is 5. The average Bonchev–Trinajstić information content (AvgIpc) is 2.31. The molecule has 0 aromatic heterocycles. The van der Waals surface area contributed by atoms with E-state index in [1.807, 2.05) is 6.34 Å². The van der Waals surface area contributed by atoms with Crippen LogP contribution in [0, 0.1) is 5.92 Å². The van der Waals surface area contributed by atoms with Gasteiger partial charge in [-0.15, -0.1) is 0 Å². The van der Waals surface area contributed by atoms with Gasteiger partial charge in [-0.2, -0.15) is 0 Å². The van der Waals surface area contributed by atoms with Crippen LogP contribution in [0.3, 0.4) is 0 Å². The van der Waals surface area contributed by atoms with Crippen LogP contribution in [-0.4, -0.2) is 30.3 Å². The topological polar surface area (TPSA) is 28.0 Å². The van der Waals surface area contributed by atoms with E-state index in [4.69, 9.17) is 0 Å². The normalized spacial score (nSPS) is 18.3. The van der Waals surface area contributed by atoms with Gasteiger partial charge in [0, 0.05) is 12.5 Å². The van der Waals surface area contributed by atoms with Crippen LogP contribution in [-0.2, 0) is 0 Å². The Morgan fingerprint density at radius 1 is 1.47 bits per heavy atom. The van der Waals surface area contributed by atoms with Gasteiger partial charge in [0.1, 0.15) is 12.5 Å². The third kappa shape index (κ3) is 3.50. The summed E-state index contributed by atoms with van der Waals surface area (Å²) >= 11 is 0. The molecular weight excluding hydrogens is 186 g/mol. The summed E-state index contributed by atoms with van der Waals surface area (Å²) < 4.78 is 0. The Morgan fingerprint density at radius 2 is 2.27 bits per heavy atom. The molecule has 0 aromatic carbocycles. The van der Waals surface area contributed by atoms with E-state index in [1.165, 1.54) is 0 Å². The molecular formula is C12H21N3. The summed E-state index contributed by atoms with van der Waals surface area (Å²) in [5.74, 6) is 1.37. The fourth-order valence-corrected chi connectivity index (χ4v) is 1.48. The Hall–Kier alpha value is -1.12. The molecule has 3 nitrogen and oxygen atoms in total. The number of amidine groups is 1. The van der Waals surface area contributed by atoms with Gasteiger partial charge >= 0.3 is 0 Å². The molecule has 0 N–H and O–H groups in total. The maximum absolute atomic E-state index is 4.50. The second-order valence-electron chi connectivity index (χ2n) is 3.66. The Balaban J connectivity index is 2.60. The molecule has 1 heterocycles. The Kier molecular flexibility index (Phi) is 5.08. The van der Waals surface area contributed by atoms with E-state index in [1.54, 1.807) is 0 Å². The van der Waals surface area contributed by atoms with E-state index in [9.17, 15) is 0 Å². The zero-order valence-corrected chi connectivity index (χ0v) is 9.98. The van der Waals surface area contributed by atoms with E-state index in [-0.39, 0.29) is 0 Å². The Morgan fingerprint density at radius 3 is 2.73 bits per heavy atom. The lowest BCUT2D eigenvalue weighted by molar-refractivity contribution is 0.461. The minimum absolute atomic E-state index is 0.389. The molecule has 0 aliphatic carbocycles. The summed E-state index contributed by atoms with van der Waals surface area (Å²) in [4.78, 5) is 11.0. The summed E-state index contributed by atoms with van der Waals surface area (Å²) in [6.45, 7) is 8.16. The first-order valence-corrected chi connectivity index (χ1v) is 5.81. The van der Waals surface area contributed by atoms with Gasteiger partial charge in [-0.25, -0.2) is 9.98 Å². The van der Waals surface area contributed by atoms with Gasteiger partial charge in [-0.05, 0) is 19.8 Å². The first kappa shape index (κ1) is 12.0. The predicted octanol–water partition coefficient (Wildman–Crippen LogP) is 2.70. The van der Waals surface area contributed by atoms with Crippen molar-refractivity contribution < 1.29 is 0 Å². The maximum atomic E-state index is 4.50. The molecule has 0 bridgehead atoms. The molecule has 84 valence electrons. The number of hydrogen-bond donors (Lipinski definition) is 0. The quantitative estimate of drug-likeness (QED) is 0.637. The highest BCUT2D eigenvalue weighted by atomic mass is 15.3. The van der Waals surface area contributed by atoms with Crippen LogP contribution in [0.25, 0.3) is 0 Å². The lowest BCUT2D eigenvalue weighted by Crippen LogP contribution is -2.28. The largest absolute Gasteiger partial charge is 0.343 e. The van der Waals surface area contributed by atoms with Crippen molar-refractivity contribution in [3.05, 3.63) is 12.2 Å². The minimum atomic E-state index is 0.389. The molecule has 1 atom stereocenters. The van der Waals surface area contributed by atoms with Crippen molar-refractivity contribution in [1.82, 2.24) is 4.90 Å². The van der Waals surface area contributed by atoms with E-state index >= 15 is 0 Å². The molecule has 1 aliphatic heterocycles. The van der Waals surface area contributed by atoms with Gasteiger partial charge < -0.3 is 4.90 Å². The zero-order chi connectivity index (χ0) is 11.1. The highest BCUT2D eigenvalue weighted by molar-refractivity contribution is 5.93. The van der Waals surface area contributed by atoms with E-state index in [2.05, 4.69) is 47.8 Å². The molecule has 0 radical (unpaired) electrons. The molecule has 1 rings (SSSR count). The van der Waals surface area contributed by atoms with Gasteiger partial charge in [-0.3, -0.25) is 0 Å². The lowest BCUT2D eigenvalue weighted by atomic mass is 10.0. The van der Waals surface area contributed by atoms with Crippen LogP contribution in [0.1, 0.15) is 33.6 Å². The fraction of sp³-hybridized carbons (Fsp3) is 0.667. The molecule has 15 heavy (non-hydrogen) atoms. The second-order valence-corrected chi connectivity index (χ2v) is 3.66. The van der Waals surface area contributed by atoms with Crippen molar-refractivity contribution >= 4 is 12.2 Å². The van der Waals surface area contributed by atoms with Crippen LogP contribution < -0.4 is 0 Å². The Bertz CT molecular complexity index is 266. The van der Waals surface area contributed by atoms with Crippen LogP contribution in [0.5, 0.6) is 0 Å². The van der Waals surface area contributed by atoms with Gasteiger partial charge in [0.15, 0.2) is 0 Å². The summed E-state index contributed by atoms with van der Waals surface area (Å²) in [6.07, 6.45) is 8.47. The zero-order valence-electron chi connectivity index (χ0n) is 9.98. The Labute approximate surface area is 92.6 Å². The monoisotopic (exact) mass is 207 g/mol. The van der Waals surface area contributed by atoms with Crippen LogP contribution in [0.15, 0.2) is 22.1 Å². The molecule has 3 heteroatoms. The number of nitrogens with zero attached hydrogens (tertiary/aromatic N) is 3. The van der Waals surface area contributed by atoms with Gasteiger partial charge in [0.05, 0.1) is 6.34 Å². The molecule has 0 fully saturated rings. The highest BCUT2D eigenvalue weighted by Gasteiger charge is 2.12. The number of allylic oxidation sites excluding steroid dienone is 1. The summed E-state index contributed by atoms with van der Waals surface area (Å²) in [5, 5.41) is 0. The van der Waals surface area contributed by atoms with Gasteiger partial charge in [-0.1, -0.05) is 26.0 Å². The van der Waals surface area contributed by atoms with Crippen molar-refractivity contribution in [3.63, 3.8) is 0 Å². The molecule has 0 aromatic rings. The third-order valence-corrected chi connectivity index (χ3v) is 2.55.